The van der Waals surface area contributed by atoms with Gasteiger partial charge in [-0.1, -0.05) is 18.2 Å². The second kappa shape index (κ2) is 8.73. The van der Waals surface area contributed by atoms with Gasteiger partial charge in [-0.15, -0.1) is 0 Å². The van der Waals surface area contributed by atoms with Gasteiger partial charge in [0.25, 0.3) is 5.91 Å². The minimum absolute atomic E-state index is 0.0381. The summed E-state index contributed by atoms with van der Waals surface area (Å²) in [5.41, 5.74) is 1.09. The number of hydrogen-bond acceptors (Lipinski definition) is 2. The number of carbonyl (C=O) groups is 2. The SMILES string of the molecule is O=C(C[NH+]1CCN(C(=O)Cc2cccc(F)c2)CC1)Nc1cccc(F)c1. The van der Waals surface area contributed by atoms with Crippen LogP contribution < -0.4 is 10.2 Å². The fraction of sp³-hybridized carbons (Fsp3) is 0.300. The molecule has 0 spiro atoms. The van der Waals surface area contributed by atoms with Crippen molar-refractivity contribution in [2.45, 2.75) is 6.42 Å². The van der Waals surface area contributed by atoms with Crippen molar-refractivity contribution >= 4 is 17.5 Å². The first-order chi connectivity index (χ1) is 13.0. The van der Waals surface area contributed by atoms with Crippen LogP contribution in [0.4, 0.5) is 14.5 Å². The van der Waals surface area contributed by atoms with Crippen LogP contribution in [0.2, 0.25) is 0 Å². The molecule has 2 amide bonds. The first kappa shape index (κ1) is 19.0. The zero-order valence-corrected chi connectivity index (χ0v) is 14.9. The number of halogens is 2. The molecule has 0 unspecified atom stereocenters. The van der Waals surface area contributed by atoms with Crippen molar-refractivity contribution in [3.63, 3.8) is 0 Å². The second-order valence-electron chi connectivity index (χ2n) is 6.67. The Labute approximate surface area is 156 Å². The predicted molar refractivity (Wildman–Crippen MR) is 97.3 cm³/mol. The van der Waals surface area contributed by atoms with Crippen molar-refractivity contribution < 1.29 is 23.3 Å². The molecule has 5 nitrogen and oxygen atoms in total. The van der Waals surface area contributed by atoms with Gasteiger partial charge in [-0.05, 0) is 35.9 Å². The Kier molecular flexibility index (Phi) is 6.13. The molecule has 0 radical (unpaired) electrons. The lowest BCUT2D eigenvalue weighted by Crippen LogP contribution is -3.15. The van der Waals surface area contributed by atoms with Crippen molar-refractivity contribution in [2.75, 3.05) is 38.0 Å². The highest BCUT2D eigenvalue weighted by Gasteiger charge is 2.25. The van der Waals surface area contributed by atoms with Gasteiger partial charge in [0.05, 0.1) is 32.6 Å². The summed E-state index contributed by atoms with van der Waals surface area (Å²) >= 11 is 0. The van der Waals surface area contributed by atoms with E-state index in [1.165, 1.54) is 24.3 Å². The van der Waals surface area contributed by atoms with Crippen LogP contribution in [0, 0.1) is 11.6 Å². The molecule has 0 aliphatic carbocycles. The Morgan fingerprint density at radius 1 is 1.00 bits per heavy atom. The molecule has 1 aliphatic heterocycles. The maximum atomic E-state index is 13.2. The number of benzene rings is 2. The van der Waals surface area contributed by atoms with Gasteiger partial charge >= 0.3 is 0 Å². The van der Waals surface area contributed by atoms with Gasteiger partial charge < -0.3 is 15.1 Å². The molecule has 0 bridgehead atoms. The molecule has 0 aromatic heterocycles. The zero-order valence-electron chi connectivity index (χ0n) is 14.9. The summed E-state index contributed by atoms with van der Waals surface area (Å²) in [6, 6.07) is 11.8. The lowest BCUT2D eigenvalue weighted by atomic mass is 10.1. The first-order valence-electron chi connectivity index (χ1n) is 8.91. The van der Waals surface area contributed by atoms with E-state index in [9.17, 15) is 18.4 Å². The lowest BCUT2D eigenvalue weighted by molar-refractivity contribution is -0.895. The van der Waals surface area contributed by atoms with Gasteiger partial charge in [0.2, 0.25) is 5.91 Å². The third-order valence-corrected chi connectivity index (χ3v) is 4.59. The maximum absolute atomic E-state index is 13.2. The zero-order chi connectivity index (χ0) is 19.2. The average molecular weight is 374 g/mol. The number of piperazine rings is 1. The van der Waals surface area contributed by atoms with E-state index < -0.39 is 5.82 Å². The molecule has 2 aromatic rings. The van der Waals surface area contributed by atoms with Gasteiger partial charge in [-0.25, -0.2) is 8.78 Å². The van der Waals surface area contributed by atoms with Crippen LogP contribution in [0.15, 0.2) is 48.5 Å². The van der Waals surface area contributed by atoms with Gasteiger partial charge in [-0.3, -0.25) is 9.59 Å². The van der Waals surface area contributed by atoms with Gasteiger partial charge in [0, 0.05) is 5.69 Å². The monoisotopic (exact) mass is 374 g/mol. The Morgan fingerprint density at radius 3 is 2.33 bits per heavy atom. The van der Waals surface area contributed by atoms with Gasteiger partial charge in [0.1, 0.15) is 11.6 Å². The number of amides is 2. The molecule has 1 fully saturated rings. The van der Waals surface area contributed by atoms with Crippen LogP contribution in [-0.4, -0.2) is 49.4 Å². The molecule has 2 aromatic carbocycles. The molecule has 1 aliphatic rings. The molecule has 0 atom stereocenters. The average Bonchev–Trinajstić information content (AvgIpc) is 2.62. The Hall–Kier alpha value is -2.80. The number of carbonyl (C=O) groups excluding carboxylic acids is 2. The summed E-state index contributed by atoms with van der Waals surface area (Å²) in [6.07, 6.45) is 0.174. The van der Waals surface area contributed by atoms with Crippen LogP contribution >= 0.6 is 0 Å². The highest BCUT2D eigenvalue weighted by molar-refractivity contribution is 5.91. The van der Waals surface area contributed by atoms with E-state index in [1.54, 1.807) is 29.2 Å². The number of nitrogens with one attached hydrogen (secondary N) is 2. The van der Waals surface area contributed by atoms with Crippen molar-refractivity contribution in [1.29, 1.82) is 0 Å². The summed E-state index contributed by atoms with van der Waals surface area (Å²) in [6.45, 7) is 2.69. The van der Waals surface area contributed by atoms with Crippen LogP contribution in [0.5, 0.6) is 0 Å². The van der Waals surface area contributed by atoms with Gasteiger partial charge in [-0.2, -0.15) is 0 Å². The normalized spacial score (nSPS) is 14.8. The number of anilines is 1. The smallest absolute Gasteiger partial charge is 0.279 e. The highest BCUT2D eigenvalue weighted by Crippen LogP contribution is 2.09. The molecule has 3 rings (SSSR count). The van der Waals surface area contributed by atoms with Gasteiger partial charge in [0.15, 0.2) is 6.54 Å². The standard InChI is InChI=1S/C20H21F2N3O2/c21-16-4-1-3-15(11-16)12-20(27)25-9-7-24(8-10-25)14-19(26)23-18-6-2-5-17(22)13-18/h1-6,11,13H,7-10,12,14H2,(H,23,26)/p+1. The largest absolute Gasteiger partial charge is 0.331 e. The second-order valence-corrected chi connectivity index (χ2v) is 6.67. The fourth-order valence-corrected chi connectivity index (χ4v) is 3.18. The molecule has 7 heteroatoms. The molecule has 2 N–H and O–H groups in total. The molecule has 27 heavy (non-hydrogen) atoms. The van der Waals surface area contributed by atoms with E-state index in [1.807, 2.05) is 0 Å². The Bertz CT molecular complexity index is 820. The molecule has 0 saturated carbocycles. The predicted octanol–water partition coefficient (Wildman–Crippen LogP) is 0.873. The van der Waals surface area contributed by atoms with Crippen LogP contribution in [0.1, 0.15) is 5.56 Å². The molecule has 142 valence electrons. The number of rotatable bonds is 5. The van der Waals surface area contributed by atoms with E-state index in [2.05, 4.69) is 5.32 Å². The van der Waals surface area contributed by atoms with Crippen LogP contribution in [0.25, 0.3) is 0 Å². The molecular weight excluding hydrogens is 352 g/mol. The third kappa shape index (κ3) is 5.59. The first-order valence-corrected chi connectivity index (χ1v) is 8.91. The lowest BCUT2D eigenvalue weighted by Gasteiger charge is -2.32. The summed E-state index contributed by atoms with van der Waals surface area (Å²) in [4.78, 5) is 27.3. The van der Waals surface area contributed by atoms with Crippen LogP contribution in [-0.2, 0) is 16.0 Å². The van der Waals surface area contributed by atoms with Crippen molar-refractivity contribution in [3.05, 3.63) is 65.7 Å². The Morgan fingerprint density at radius 2 is 1.67 bits per heavy atom. The minimum Gasteiger partial charge on any atom is -0.331 e. The van der Waals surface area contributed by atoms with E-state index in [-0.39, 0.29) is 30.6 Å². The molecule has 1 heterocycles. The third-order valence-electron chi connectivity index (χ3n) is 4.59. The van der Waals surface area contributed by atoms with Crippen molar-refractivity contribution in [2.24, 2.45) is 0 Å². The topological polar surface area (TPSA) is 53.9 Å². The molecule has 1 saturated heterocycles. The van der Waals surface area contributed by atoms with E-state index in [0.717, 1.165) is 4.90 Å². The quantitative estimate of drug-likeness (QED) is 0.816. The van der Waals surface area contributed by atoms with Crippen molar-refractivity contribution in [3.8, 4) is 0 Å². The summed E-state index contributed by atoms with van der Waals surface area (Å²) < 4.78 is 26.4. The van der Waals surface area contributed by atoms with Crippen molar-refractivity contribution in [1.82, 2.24) is 4.90 Å². The van der Waals surface area contributed by atoms with E-state index >= 15 is 0 Å². The number of hydrogen-bond donors (Lipinski definition) is 2. The minimum atomic E-state index is -0.398. The summed E-state index contributed by atoms with van der Waals surface area (Å²) in [5, 5.41) is 2.69. The summed E-state index contributed by atoms with van der Waals surface area (Å²) in [7, 11) is 0. The fourth-order valence-electron chi connectivity index (χ4n) is 3.18. The summed E-state index contributed by atoms with van der Waals surface area (Å²) in [5.74, 6) is -0.969. The van der Waals surface area contributed by atoms with E-state index in [0.29, 0.717) is 37.4 Å². The maximum Gasteiger partial charge on any atom is 0.279 e. The Balaban J connectivity index is 1.44. The highest BCUT2D eigenvalue weighted by atomic mass is 19.1. The number of quaternary nitrogens is 1. The van der Waals surface area contributed by atoms with E-state index in [4.69, 9.17) is 0 Å². The molecular formula is C20H22F2N3O2+. The van der Waals surface area contributed by atoms with Crippen LogP contribution in [0.3, 0.4) is 0 Å². The number of nitrogens with zero attached hydrogens (tertiary/aromatic N) is 1.